The first-order valence-electron chi connectivity index (χ1n) is 19.3. The summed E-state index contributed by atoms with van der Waals surface area (Å²) in [5.74, 6) is -4.23. The number of amides is 5. The Morgan fingerprint density at radius 1 is 0.810 bits per heavy atom. The van der Waals surface area contributed by atoms with Crippen LogP contribution in [0.25, 0.3) is 0 Å². The van der Waals surface area contributed by atoms with Crippen LogP contribution in [0.2, 0.25) is 0 Å². The second-order valence-electron chi connectivity index (χ2n) is 14.2. The lowest BCUT2D eigenvalue weighted by Gasteiger charge is -2.29. The topological polar surface area (TPSA) is 229 Å². The number of aromatic nitrogens is 2. The van der Waals surface area contributed by atoms with Crippen LogP contribution in [0.3, 0.4) is 0 Å². The first kappa shape index (κ1) is 44.7. The minimum absolute atomic E-state index is 0.0686. The molecule has 0 saturated heterocycles. The number of rotatable bonds is 21. The van der Waals surface area contributed by atoms with E-state index in [1.165, 1.54) is 22.5 Å². The number of ether oxygens (including phenoxy) is 1. The van der Waals surface area contributed by atoms with E-state index in [-0.39, 0.29) is 62.6 Å². The predicted molar refractivity (Wildman–Crippen MR) is 213 cm³/mol. The highest BCUT2D eigenvalue weighted by Gasteiger charge is 2.39. The zero-order valence-electron chi connectivity index (χ0n) is 33.7. The summed E-state index contributed by atoms with van der Waals surface area (Å²) in [7, 11) is 0. The number of nitrogens with zero attached hydrogens (tertiary/aromatic N) is 4. The van der Waals surface area contributed by atoms with E-state index in [1.54, 1.807) is 41.5 Å². The number of esters is 1. The Bertz CT molecular complexity index is 1870. The van der Waals surface area contributed by atoms with Gasteiger partial charge in [-0.15, -0.1) is 0 Å². The van der Waals surface area contributed by atoms with Crippen LogP contribution in [0.4, 0.5) is 0 Å². The van der Waals surface area contributed by atoms with Gasteiger partial charge in [-0.3, -0.25) is 49.3 Å². The van der Waals surface area contributed by atoms with Crippen molar-refractivity contribution in [1.82, 2.24) is 46.7 Å². The van der Waals surface area contributed by atoms with Crippen molar-refractivity contribution in [2.75, 3.05) is 26.2 Å². The fourth-order valence-corrected chi connectivity index (χ4v) is 5.93. The molecule has 2 aromatic carbocycles. The van der Waals surface area contributed by atoms with Crippen molar-refractivity contribution < 1.29 is 38.3 Å². The second-order valence-corrected chi connectivity index (χ2v) is 14.2. The normalized spacial score (nSPS) is 15.7. The SMILES string of the molecule is CCN(CCN(CC)C(=O)C1NC=NC1C(=O)NN[C@H](C(=O)OCc1ccccc1)C(C)C)C(=O)c1[nH]cnc1C(=O)NC(=O)[C@@H](NOCc1ccccc1)C(C)C. The largest absolute Gasteiger partial charge is 0.460 e. The molecule has 58 heavy (non-hydrogen) atoms. The Morgan fingerprint density at radius 2 is 1.41 bits per heavy atom. The van der Waals surface area contributed by atoms with Gasteiger partial charge < -0.3 is 24.8 Å². The molecule has 1 aliphatic heterocycles. The Balaban J connectivity index is 1.31. The van der Waals surface area contributed by atoms with Gasteiger partial charge in [0.05, 0.1) is 19.3 Å². The van der Waals surface area contributed by atoms with E-state index in [2.05, 4.69) is 41.9 Å². The third kappa shape index (κ3) is 12.3. The van der Waals surface area contributed by atoms with Crippen LogP contribution in [-0.4, -0.2) is 112 Å². The Morgan fingerprint density at radius 3 is 2.02 bits per heavy atom. The molecule has 18 nitrogen and oxygen atoms in total. The molecule has 0 saturated carbocycles. The zero-order valence-corrected chi connectivity index (χ0v) is 33.7. The summed E-state index contributed by atoms with van der Waals surface area (Å²) in [6.45, 7) is 11.6. The second kappa shape index (κ2) is 22.1. The van der Waals surface area contributed by atoms with Gasteiger partial charge in [0, 0.05) is 26.2 Å². The molecule has 0 bridgehead atoms. The van der Waals surface area contributed by atoms with Crippen LogP contribution in [0, 0.1) is 11.8 Å². The number of imide groups is 1. The number of H-pyrrole nitrogens is 1. The number of aliphatic imine (C=N–C) groups is 1. The van der Waals surface area contributed by atoms with E-state index in [0.717, 1.165) is 11.1 Å². The standard InChI is InChI=1S/C40H54N10O8/c1-7-49(38(54)33-31(41-23-43-33)36(52)45-35(51)29(25(3)4)48-58-22-28-17-13-10-14-18-28)19-20-50(8-2)39(55)34-32(42-24-44-34)37(53)47-46-30(26(5)6)40(56)57-21-27-15-11-9-12-16-27/h9-18,23-26,29-30,32,34,46,48H,7-8,19-22H2,1-6H3,(H,41,43)(H,42,44)(H,47,53)(H,45,51,52)/t29-,30-,32?,34?/m0/s1. The van der Waals surface area contributed by atoms with E-state index < -0.39 is 59.7 Å². The molecule has 18 heteroatoms. The number of aromatic amines is 1. The molecule has 3 aromatic rings. The summed E-state index contributed by atoms with van der Waals surface area (Å²) in [5, 5.41) is 5.16. The first-order valence-corrected chi connectivity index (χ1v) is 19.3. The van der Waals surface area contributed by atoms with E-state index in [1.807, 2.05) is 60.7 Å². The smallest absolute Gasteiger partial charge is 0.325 e. The Kier molecular flexibility index (Phi) is 17.0. The number of hydroxylamine groups is 1. The average Bonchev–Trinajstić information content (AvgIpc) is 3.92. The molecular formula is C40H54N10O8. The van der Waals surface area contributed by atoms with Crippen molar-refractivity contribution in [2.24, 2.45) is 16.8 Å². The fraction of sp³-hybridized carbons (Fsp3) is 0.450. The minimum Gasteiger partial charge on any atom is -0.460 e. The third-order valence-electron chi connectivity index (χ3n) is 9.38. The molecular weight excluding hydrogens is 749 g/mol. The van der Waals surface area contributed by atoms with Crippen LogP contribution < -0.4 is 27.0 Å². The molecule has 0 spiro atoms. The van der Waals surface area contributed by atoms with Crippen LogP contribution >= 0.6 is 0 Å². The molecule has 5 amide bonds. The molecule has 0 radical (unpaired) electrons. The highest BCUT2D eigenvalue weighted by atomic mass is 16.6. The summed E-state index contributed by atoms with van der Waals surface area (Å²) < 4.78 is 5.45. The molecule has 312 valence electrons. The molecule has 1 aromatic heterocycles. The van der Waals surface area contributed by atoms with Gasteiger partial charge in [0.25, 0.3) is 17.7 Å². The van der Waals surface area contributed by atoms with Gasteiger partial charge in [0.1, 0.15) is 30.4 Å². The van der Waals surface area contributed by atoms with Crippen molar-refractivity contribution in [2.45, 2.75) is 78.9 Å². The van der Waals surface area contributed by atoms with E-state index in [4.69, 9.17) is 9.57 Å². The number of nitrogens with one attached hydrogen (secondary N) is 6. The number of hydrazine groups is 1. The van der Waals surface area contributed by atoms with Crippen molar-refractivity contribution in [3.63, 3.8) is 0 Å². The van der Waals surface area contributed by atoms with Gasteiger partial charge in [0.15, 0.2) is 11.7 Å². The van der Waals surface area contributed by atoms with Crippen LogP contribution in [0.5, 0.6) is 0 Å². The summed E-state index contributed by atoms with van der Waals surface area (Å²) in [6.07, 6.45) is 2.47. The number of benzene rings is 2. The molecule has 0 fully saturated rings. The molecule has 0 aliphatic carbocycles. The third-order valence-corrected chi connectivity index (χ3v) is 9.38. The molecule has 4 atom stereocenters. The van der Waals surface area contributed by atoms with Crippen molar-refractivity contribution >= 4 is 41.8 Å². The maximum Gasteiger partial charge on any atom is 0.325 e. The maximum atomic E-state index is 13.7. The molecule has 6 N–H and O–H groups in total. The van der Waals surface area contributed by atoms with E-state index in [9.17, 15) is 28.8 Å². The summed E-state index contributed by atoms with van der Waals surface area (Å²) >= 11 is 0. The number of carbonyl (C=O) groups excluding carboxylic acids is 6. The van der Waals surface area contributed by atoms with Gasteiger partial charge in [-0.1, -0.05) is 88.4 Å². The number of hydrogen-bond donors (Lipinski definition) is 6. The van der Waals surface area contributed by atoms with Gasteiger partial charge in [-0.25, -0.2) is 10.4 Å². The summed E-state index contributed by atoms with van der Waals surface area (Å²) in [5.41, 5.74) is 9.31. The highest BCUT2D eigenvalue weighted by Crippen LogP contribution is 2.13. The Labute approximate surface area is 337 Å². The maximum absolute atomic E-state index is 13.7. The quantitative estimate of drug-likeness (QED) is 0.0665. The number of carbonyl (C=O) groups is 6. The number of likely N-dealkylation sites (N-methyl/N-ethyl adjacent to an activating group) is 2. The number of imidazole rings is 1. The molecule has 1 aliphatic rings. The Hall–Kier alpha value is -5.98. The van der Waals surface area contributed by atoms with Gasteiger partial charge in [-0.2, -0.15) is 5.48 Å². The van der Waals surface area contributed by atoms with Crippen LogP contribution in [0.1, 0.15) is 73.6 Å². The average molecular weight is 803 g/mol. The van der Waals surface area contributed by atoms with Crippen LogP contribution in [-0.2, 0) is 42.0 Å². The lowest BCUT2D eigenvalue weighted by atomic mass is 10.0. The minimum atomic E-state index is -1.15. The predicted octanol–water partition coefficient (Wildman–Crippen LogP) is 1.48. The van der Waals surface area contributed by atoms with Crippen molar-refractivity contribution in [3.8, 4) is 0 Å². The highest BCUT2D eigenvalue weighted by molar-refractivity contribution is 6.10. The van der Waals surface area contributed by atoms with Crippen LogP contribution in [0.15, 0.2) is 72.0 Å². The zero-order chi connectivity index (χ0) is 42.2. The van der Waals surface area contributed by atoms with Gasteiger partial charge >= 0.3 is 5.97 Å². The summed E-state index contributed by atoms with van der Waals surface area (Å²) in [4.78, 5) is 99.3. The van der Waals surface area contributed by atoms with E-state index in [0.29, 0.717) is 0 Å². The molecule has 2 unspecified atom stereocenters. The molecule has 4 rings (SSSR count). The van der Waals surface area contributed by atoms with E-state index >= 15 is 0 Å². The fourth-order valence-electron chi connectivity index (χ4n) is 5.93. The van der Waals surface area contributed by atoms with Crippen molar-refractivity contribution in [1.29, 1.82) is 0 Å². The number of hydrogen-bond acceptors (Lipinski definition) is 13. The first-order chi connectivity index (χ1) is 27.9. The monoisotopic (exact) mass is 802 g/mol. The lowest BCUT2D eigenvalue weighted by molar-refractivity contribution is -0.149. The summed E-state index contributed by atoms with van der Waals surface area (Å²) in [6, 6.07) is 14.6. The van der Waals surface area contributed by atoms with Crippen molar-refractivity contribution in [3.05, 3.63) is 89.5 Å². The van der Waals surface area contributed by atoms with Gasteiger partial charge in [-0.05, 0) is 36.8 Å². The van der Waals surface area contributed by atoms with Gasteiger partial charge in [0.2, 0.25) is 11.8 Å². The molecule has 2 heterocycles. The lowest BCUT2D eigenvalue weighted by Crippen LogP contribution is -2.58.